The fourth-order valence-electron chi connectivity index (χ4n) is 1.81. The molecular weight excluding hydrogens is 263 g/mol. The highest BCUT2D eigenvalue weighted by atomic mass is 35.5. The first-order valence-corrected chi connectivity index (χ1v) is 6.61. The van der Waals surface area contributed by atoms with Gasteiger partial charge in [-0.2, -0.15) is 4.68 Å². The Hall–Kier alpha value is -0.290. The van der Waals surface area contributed by atoms with Crippen molar-refractivity contribution in [3.8, 4) is 0 Å². The summed E-state index contributed by atoms with van der Waals surface area (Å²) >= 11 is 11.2. The van der Waals surface area contributed by atoms with Crippen molar-refractivity contribution in [1.29, 1.82) is 0 Å². The van der Waals surface area contributed by atoms with Crippen LogP contribution in [0.1, 0.15) is 11.4 Å². The maximum Gasteiger partial charge on any atom is 0.205 e. The monoisotopic (exact) mass is 281 g/mol. The first-order valence-electron chi connectivity index (χ1n) is 5.54. The van der Waals surface area contributed by atoms with E-state index >= 15 is 0 Å². The molecule has 0 fully saturated rings. The van der Waals surface area contributed by atoms with Crippen LogP contribution >= 0.6 is 23.2 Å². The lowest BCUT2D eigenvalue weighted by molar-refractivity contribution is -0.785. The van der Waals surface area contributed by atoms with Gasteiger partial charge in [-0.15, -0.1) is 27.9 Å². The van der Waals surface area contributed by atoms with Gasteiger partial charge in [0, 0.05) is 13.0 Å². The van der Waals surface area contributed by atoms with Crippen LogP contribution in [0, 0.1) is 13.8 Å². The zero-order valence-corrected chi connectivity index (χ0v) is 11.6. The van der Waals surface area contributed by atoms with E-state index in [1.54, 1.807) is 0 Å². The van der Waals surface area contributed by atoms with Crippen LogP contribution in [0.2, 0.25) is 0 Å². The number of aromatic nitrogens is 2. The molecule has 0 saturated carbocycles. The van der Waals surface area contributed by atoms with Gasteiger partial charge < -0.3 is 10.2 Å². The van der Waals surface area contributed by atoms with E-state index in [1.165, 1.54) is 0 Å². The maximum atomic E-state index is 9.61. The van der Waals surface area contributed by atoms with E-state index in [1.807, 2.05) is 29.3 Å². The Bertz CT molecular complexity index is 336. The molecule has 1 heterocycles. The van der Waals surface area contributed by atoms with Crippen LogP contribution in [0.5, 0.6) is 0 Å². The Morgan fingerprint density at radius 1 is 1.24 bits per heavy atom. The Morgan fingerprint density at radius 3 is 2.35 bits per heavy atom. The second kappa shape index (κ2) is 6.59. The molecule has 1 aromatic rings. The Morgan fingerprint density at radius 2 is 1.82 bits per heavy atom. The molecule has 0 radical (unpaired) electrons. The minimum Gasteiger partial charge on any atom is -0.390 e. The standard InChI is InChI=1S/C11H19Cl2N2O2/c1-8-3-9(2)15(7-11(17)5-13)14(8)6-10(16)4-12/h3,10-11,16-17H,4-7H2,1-2H3/q+1/t10-,11+. The van der Waals surface area contributed by atoms with Crippen LogP contribution in [-0.2, 0) is 13.1 Å². The van der Waals surface area contributed by atoms with Gasteiger partial charge in [-0.05, 0) is 6.92 Å². The zero-order valence-electron chi connectivity index (χ0n) is 10.1. The lowest BCUT2D eigenvalue weighted by Gasteiger charge is -2.11. The number of hydrogen-bond donors (Lipinski definition) is 2. The third-order valence-corrected chi connectivity index (χ3v) is 3.36. The summed E-state index contributed by atoms with van der Waals surface area (Å²) < 4.78 is 3.83. The van der Waals surface area contributed by atoms with Crippen molar-refractivity contribution in [1.82, 2.24) is 4.68 Å². The molecule has 2 N–H and O–H groups in total. The minimum absolute atomic E-state index is 0.189. The molecule has 0 amide bonds. The summed E-state index contributed by atoms with van der Waals surface area (Å²) in [5.41, 5.74) is 2.04. The molecule has 2 atom stereocenters. The smallest absolute Gasteiger partial charge is 0.205 e. The number of halogens is 2. The molecule has 0 aliphatic rings. The summed E-state index contributed by atoms with van der Waals surface area (Å²) in [6, 6.07) is 2.00. The molecule has 0 saturated heterocycles. The predicted octanol–water partition coefficient (Wildman–Crippen LogP) is 0.592. The highest BCUT2D eigenvalue weighted by molar-refractivity contribution is 6.18. The number of aliphatic hydroxyl groups excluding tert-OH is 2. The van der Waals surface area contributed by atoms with Crippen LogP contribution in [0.3, 0.4) is 0 Å². The first-order chi connectivity index (χ1) is 7.99. The van der Waals surface area contributed by atoms with Gasteiger partial charge >= 0.3 is 0 Å². The highest BCUT2D eigenvalue weighted by Crippen LogP contribution is 2.04. The fourth-order valence-corrected chi connectivity index (χ4v) is 2.01. The molecule has 0 bridgehead atoms. The van der Waals surface area contributed by atoms with Gasteiger partial charge in [0.05, 0.1) is 23.6 Å². The van der Waals surface area contributed by atoms with Gasteiger partial charge in [0.1, 0.15) is 12.6 Å². The number of rotatable bonds is 6. The molecule has 0 unspecified atom stereocenters. The molecule has 98 valence electrons. The quantitative estimate of drug-likeness (QED) is 0.593. The van der Waals surface area contributed by atoms with Crippen molar-refractivity contribution in [3.63, 3.8) is 0 Å². The van der Waals surface area contributed by atoms with Crippen LogP contribution in [-0.4, -0.2) is 38.9 Å². The number of nitrogens with zero attached hydrogens (tertiary/aromatic N) is 2. The number of aryl methyl sites for hydroxylation is 2. The van der Waals surface area contributed by atoms with Crippen molar-refractivity contribution in [2.45, 2.75) is 39.1 Å². The van der Waals surface area contributed by atoms with E-state index in [4.69, 9.17) is 23.2 Å². The third-order valence-electron chi connectivity index (χ3n) is 2.65. The molecule has 1 aromatic heterocycles. The van der Waals surface area contributed by atoms with Gasteiger partial charge in [-0.3, -0.25) is 0 Å². The lowest BCUT2D eigenvalue weighted by atomic mass is 10.3. The molecule has 17 heavy (non-hydrogen) atoms. The molecule has 0 aliphatic carbocycles. The highest BCUT2D eigenvalue weighted by Gasteiger charge is 2.22. The topological polar surface area (TPSA) is 49.3 Å². The predicted molar refractivity (Wildman–Crippen MR) is 67.6 cm³/mol. The molecule has 4 nitrogen and oxygen atoms in total. The Labute approximate surface area is 111 Å². The van der Waals surface area contributed by atoms with Crippen LogP contribution in [0.15, 0.2) is 6.07 Å². The average molecular weight is 282 g/mol. The number of aliphatic hydroxyl groups is 2. The van der Waals surface area contributed by atoms with E-state index in [2.05, 4.69) is 0 Å². The van der Waals surface area contributed by atoms with E-state index in [-0.39, 0.29) is 11.8 Å². The summed E-state index contributed by atoms with van der Waals surface area (Å²) in [7, 11) is 0. The first kappa shape index (κ1) is 14.8. The summed E-state index contributed by atoms with van der Waals surface area (Å²) in [5, 5.41) is 19.2. The molecule has 1 rings (SSSR count). The number of alkyl halides is 2. The minimum atomic E-state index is -0.596. The zero-order chi connectivity index (χ0) is 13.0. The number of hydrogen-bond acceptors (Lipinski definition) is 2. The van der Waals surface area contributed by atoms with Crippen molar-refractivity contribution >= 4 is 23.2 Å². The van der Waals surface area contributed by atoms with Crippen LogP contribution < -0.4 is 4.68 Å². The molecule has 6 heteroatoms. The van der Waals surface area contributed by atoms with Gasteiger partial charge in [0.15, 0.2) is 6.54 Å². The van der Waals surface area contributed by atoms with E-state index in [0.29, 0.717) is 13.1 Å². The largest absolute Gasteiger partial charge is 0.390 e. The maximum absolute atomic E-state index is 9.61. The molecular formula is C11H19Cl2N2O2+. The normalized spacial score (nSPS) is 14.9. The van der Waals surface area contributed by atoms with Gasteiger partial charge in [0.2, 0.25) is 5.69 Å². The van der Waals surface area contributed by atoms with E-state index < -0.39 is 12.2 Å². The summed E-state index contributed by atoms with van der Waals surface area (Å²) in [6.07, 6.45) is -1.19. The Kier molecular flexibility index (Phi) is 5.73. The van der Waals surface area contributed by atoms with Gasteiger partial charge in [-0.1, -0.05) is 0 Å². The SMILES string of the molecule is Cc1cc(C)[n+](C[C@@H](O)CCl)n1C[C@H](O)CCl. The third kappa shape index (κ3) is 3.85. The van der Waals surface area contributed by atoms with E-state index in [9.17, 15) is 10.2 Å². The van der Waals surface area contributed by atoms with Crippen molar-refractivity contribution in [2.24, 2.45) is 0 Å². The van der Waals surface area contributed by atoms with Crippen molar-refractivity contribution < 1.29 is 14.9 Å². The summed E-state index contributed by atoms with van der Waals surface area (Å²) in [5.74, 6) is 0.378. The van der Waals surface area contributed by atoms with Crippen molar-refractivity contribution in [2.75, 3.05) is 11.8 Å². The van der Waals surface area contributed by atoms with Crippen LogP contribution in [0.4, 0.5) is 0 Å². The Balaban J connectivity index is 2.93. The lowest BCUT2D eigenvalue weighted by Crippen LogP contribution is -2.51. The fraction of sp³-hybridized carbons (Fsp3) is 0.727. The van der Waals surface area contributed by atoms with Gasteiger partial charge in [0.25, 0.3) is 0 Å². The summed E-state index contributed by atoms with van der Waals surface area (Å²) in [6.45, 7) is 4.74. The average Bonchev–Trinajstić information content (AvgIpc) is 2.55. The van der Waals surface area contributed by atoms with Crippen LogP contribution in [0.25, 0.3) is 0 Å². The van der Waals surface area contributed by atoms with Crippen molar-refractivity contribution in [3.05, 3.63) is 17.5 Å². The van der Waals surface area contributed by atoms with Gasteiger partial charge in [-0.25, -0.2) is 0 Å². The summed E-state index contributed by atoms with van der Waals surface area (Å²) in [4.78, 5) is 0. The second-order valence-electron chi connectivity index (χ2n) is 4.21. The molecule has 0 aromatic carbocycles. The second-order valence-corrected chi connectivity index (χ2v) is 4.82. The molecule has 0 aliphatic heterocycles. The van der Waals surface area contributed by atoms with E-state index in [0.717, 1.165) is 11.4 Å². The molecule has 0 spiro atoms.